The molecule has 2 N–H and O–H groups in total. The topological polar surface area (TPSA) is 76.7 Å². The number of amides is 2. The summed E-state index contributed by atoms with van der Waals surface area (Å²) in [7, 11) is -4.00. The van der Waals surface area contributed by atoms with E-state index >= 15 is 0 Å². The molecule has 8 heteroatoms. The lowest BCUT2D eigenvalue weighted by molar-refractivity contribution is -0.124. The first-order valence-electron chi connectivity index (χ1n) is 13.1. The molecule has 0 aliphatic carbocycles. The molecule has 34 heavy (non-hydrogen) atoms. The number of hydrogen-bond donors (Lipinski definition) is 2. The molecule has 2 atom stereocenters. The van der Waals surface area contributed by atoms with Gasteiger partial charge in [-0.15, -0.1) is 6.58 Å². The van der Waals surface area contributed by atoms with Gasteiger partial charge in [-0.25, -0.2) is 4.79 Å². The van der Waals surface area contributed by atoms with E-state index in [1.165, 1.54) is 0 Å². The number of carbonyl (C=O) groups excluding carboxylic acids is 2. The average molecular weight is 515 g/mol. The van der Waals surface area contributed by atoms with Crippen molar-refractivity contribution < 1.29 is 18.8 Å². The summed E-state index contributed by atoms with van der Waals surface area (Å²) in [4.78, 5) is 26.2. The summed E-state index contributed by atoms with van der Waals surface area (Å²) in [5.74, 6) is -0.234. The quantitative estimate of drug-likeness (QED) is 0.198. The zero-order chi connectivity index (χ0) is 26.9. The van der Waals surface area contributed by atoms with Crippen LogP contribution in [0, 0.1) is 0 Å². The molecule has 1 unspecified atom stereocenters. The molecule has 0 spiro atoms. The maximum absolute atomic E-state index is 13.6. The Hall–Kier alpha value is -1.13. The fraction of sp³-hybridized carbons (Fsp3) is 0.846. The van der Waals surface area contributed by atoms with Crippen LogP contribution in [-0.4, -0.2) is 52.3 Å². The largest absolute Gasteiger partial charge is 0.444 e. The Labute approximate surface area is 212 Å². The maximum Gasteiger partial charge on any atom is 0.408 e. The van der Waals surface area contributed by atoms with Gasteiger partial charge in [0.2, 0.25) is 5.91 Å². The van der Waals surface area contributed by atoms with Gasteiger partial charge in [0.25, 0.3) is 0 Å². The van der Waals surface area contributed by atoms with Crippen molar-refractivity contribution in [1.82, 2.24) is 10.6 Å². The van der Waals surface area contributed by atoms with Gasteiger partial charge >= 0.3 is 6.09 Å². The highest BCUT2D eigenvalue weighted by molar-refractivity contribution is 6.81. The fourth-order valence-electron chi connectivity index (χ4n) is 5.49. The standard InChI is InChI=1S/C26H54N2O4Si2/c1-14-23(33(15-2,16-3)17-4)28-24(29)22(27-25(30)32-26(11,12)13)18-31-34(19(5)6,20(7)8)21(9)10/h14,19-23H,1,15-18H2,2-13H3,(H,27,30)(H,28,29)/t22-,23?/m1/s1. The van der Waals surface area contributed by atoms with E-state index in [2.05, 4.69) is 79.5 Å². The molecule has 0 bridgehead atoms. The first-order valence-corrected chi connectivity index (χ1v) is 18.0. The molecule has 0 saturated carbocycles. The van der Waals surface area contributed by atoms with E-state index in [4.69, 9.17) is 9.16 Å². The predicted molar refractivity (Wildman–Crippen MR) is 149 cm³/mol. The van der Waals surface area contributed by atoms with Gasteiger partial charge in [0, 0.05) is 5.67 Å². The summed E-state index contributed by atoms with van der Waals surface area (Å²) in [6, 6.07) is 2.34. The van der Waals surface area contributed by atoms with Crippen LogP contribution in [0.5, 0.6) is 0 Å². The van der Waals surface area contributed by atoms with E-state index in [9.17, 15) is 9.59 Å². The Morgan fingerprint density at radius 2 is 1.32 bits per heavy atom. The van der Waals surface area contributed by atoms with Crippen molar-refractivity contribution in [2.45, 2.75) is 135 Å². The normalized spacial score (nSPS) is 14.8. The minimum Gasteiger partial charge on any atom is -0.444 e. The van der Waals surface area contributed by atoms with E-state index in [0.717, 1.165) is 18.1 Å². The molecule has 0 aromatic heterocycles. The van der Waals surface area contributed by atoms with E-state index in [1.54, 1.807) is 0 Å². The van der Waals surface area contributed by atoms with Crippen LogP contribution in [0.1, 0.15) is 83.1 Å². The highest BCUT2D eigenvalue weighted by Gasteiger charge is 2.46. The second-order valence-corrected chi connectivity index (χ2v) is 22.4. The van der Waals surface area contributed by atoms with E-state index in [0.29, 0.717) is 16.6 Å². The minimum absolute atomic E-state index is 0.0646. The molecule has 0 saturated heterocycles. The third kappa shape index (κ3) is 8.52. The van der Waals surface area contributed by atoms with Crippen LogP contribution in [0.25, 0.3) is 0 Å². The molecular formula is C26H54N2O4Si2. The number of carbonyl (C=O) groups is 2. The van der Waals surface area contributed by atoms with Gasteiger partial charge in [-0.05, 0) is 37.4 Å². The van der Waals surface area contributed by atoms with Crippen LogP contribution in [0.2, 0.25) is 34.8 Å². The summed E-state index contributed by atoms with van der Waals surface area (Å²) in [6.45, 7) is 29.5. The van der Waals surface area contributed by atoms with Crippen molar-refractivity contribution in [1.29, 1.82) is 0 Å². The van der Waals surface area contributed by atoms with Gasteiger partial charge in [-0.1, -0.05) is 86.5 Å². The zero-order valence-corrected chi connectivity index (χ0v) is 26.1. The average Bonchev–Trinajstić information content (AvgIpc) is 2.71. The minimum atomic E-state index is -2.22. The van der Waals surface area contributed by atoms with Gasteiger partial charge in [-0.2, -0.15) is 0 Å². The number of alkyl carbamates (subject to hydrolysis) is 1. The number of hydrogen-bond acceptors (Lipinski definition) is 4. The lowest BCUT2D eigenvalue weighted by Gasteiger charge is -2.43. The van der Waals surface area contributed by atoms with E-state index in [-0.39, 0.29) is 18.2 Å². The molecule has 0 aromatic rings. The van der Waals surface area contributed by atoms with Crippen LogP contribution in [0.4, 0.5) is 4.79 Å². The first kappa shape index (κ1) is 32.9. The van der Waals surface area contributed by atoms with Gasteiger partial charge in [0.15, 0.2) is 8.32 Å². The summed E-state index contributed by atoms with van der Waals surface area (Å²) in [6.07, 6.45) is 1.27. The van der Waals surface area contributed by atoms with Gasteiger partial charge in [-0.3, -0.25) is 4.79 Å². The fourth-order valence-corrected chi connectivity index (χ4v) is 14.7. The van der Waals surface area contributed by atoms with E-state index < -0.39 is 34.1 Å². The summed E-state index contributed by atoms with van der Waals surface area (Å²) < 4.78 is 12.2. The van der Waals surface area contributed by atoms with Crippen LogP contribution in [0.15, 0.2) is 12.7 Å². The van der Waals surface area contributed by atoms with E-state index in [1.807, 2.05) is 26.8 Å². The second-order valence-electron chi connectivity index (χ2n) is 11.5. The molecule has 6 nitrogen and oxygen atoms in total. The SMILES string of the molecule is C=CC(NC(=O)[C@@H](CO[Si](C(C)C)(C(C)C)C(C)C)NC(=O)OC(C)(C)C)[Si](CC)(CC)CC. The zero-order valence-electron chi connectivity index (χ0n) is 24.1. The molecular weight excluding hydrogens is 460 g/mol. The number of nitrogens with one attached hydrogen (secondary N) is 2. The summed E-state index contributed by atoms with van der Waals surface area (Å²) in [5, 5.41) is 6.03. The Bertz CT molecular complexity index is 626. The number of rotatable bonds is 14. The molecule has 0 radical (unpaired) electrons. The Morgan fingerprint density at radius 1 is 0.882 bits per heavy atom. The lowest BCUT2D eigenvalue weighted by atomic mass is 10.2. The molecule has 2 amide bonds. The molecule has 200 valence electrons. The van der Waals surface area contributed by atoms with Crippen LogP contribution in [-0.2, 0) is 14.0 Å². The summed E-state index contributed by atoms with van der Waals surface area (Å²) >= 11 is 0. The molecule has 0 aliphatic rings. The number of ether oxygens (including phenoxy) is 1. The van der Waals surface area contributed by atoms with Crippen molar-refractivity contribution >= 4 is 28.4 Å². The van der Waals surface area contributed by atoms with Crippen molar-refractivity contribution in [3.63, 3.8) is 0 Å². The molecule has 0 aromatic carbocycles. The van der Waals surface area contributed by atoms with Gasteiger partial charge in [0.1, 0.15) is 11.6 Å². The monoisotopic (exact) mass is 514 g/mol. The van der Waals surface area contributed by atoms with Gasteiger partial charge < -0.3 is 19.8 Å². The lowest BCUT2D eigenvalue weighted by Crippen LogP contribution is -2.60. The van der Waals surface area contributed by atoms with Crippen LogP contribution in [0.3, 0.4) is 0 Å². The predicted octanol–water partition coefficient (Wildman–Crippen LogP) is 6.79. The summed E-state index contributed by atoms with van der Waals surface area (Å²) in [5.41, 5.74) is 0.401. The molecule has 0 aliphatic heterocycles. The molecule has 0 fully saturated rings. The highest BCUT2D eigenvalue weighted by atomic mass is 28.4. The second kappa shape index (κ2) is 13.8. The first-order chi connectivity index (χ1) is 15.6. The highest BCUT2D eigenvalue weighted by Crippen LogP contribution is 2.42. The van der Waals surface area contributed by atoms with Crippen molar-refractivity contribution in [2.75, 3.05) is 6.61 Å². The molecule has 0 heterocycles. The maximum atomic E-state index is 13.6. The smallest absolute Gasteiger partial charge is 0.408 e. The van der Waals surface area contributed by atoms with Crippen molar-refractivity contribution in [3.8, 4) is 0 Å². The van der Waals surface area contributed by atoms with Crippen molar-refractivity contribution in [2.24, 2.45) is 0 Å². The van der Waals surface area contributed by atoms with Crippen LogP contribution < -0.4 is 10.6 Å². The third-order valence-electron chi connectivity index (χ3n) is 7.52. The Balaban J connectivity index is 6.01. The van der Waals surface area contributed by atoms with Gasteiger partial charge in [0.05, 0.1) is 14.7 Å². The van der Waals surface area contributed by atoms with Crippen molar-refractivity contribution in [3.05, 3.63) is 12.7 Å². The third-order valence-corrected chi connectivity index (χ3v) is 19.5. The Kier molecular flexibility index (Phi) is 13.4. The molecule has 0 rings (SSSR count). The van der Waals surface area contributed by atoms with Crippen LogP contribution >= 0.6 is 0 Å². The Morgan fingerprint density at radius 3 is 1.65 bits per heavy atom.